The smallest absolute Gasteiger partial charge is 0.290 e. The number of halogens is 2. The monoisotopic (exact) mass is 355 g/mol. The van der Waals surface area contributed by atoms with Crippen molar-refractivity contribution in [2.75, 3.05) is 0 Å². The van der Waals surface area contributed by atoms with Crippen LogP contribution in [0.25, 0.3) is 0 Å². The molecule has 0 saturated heterocycles. The first kappa shape index (κ1) is 17.9. The third kappa shape index (κ3) is 3.99. The summed E-state index contributed by atoms with van der Waals surface area (Å²) >= 11 is 0. The zero-order chi connectivity index (χ0) is 18.5. The number of benzene rings is 2. The maximum atomic E-state index is 13.6. The fourth-order valence-corrected chi connectivity index (χ4v) is 3.02. The molecule has 3 nitrogen and oxygen atoms in total. The zero-order valence-corrected chi connectivity index (χ0v) is 14.4. The third-order valence-electron chi connectivity index (χ3n) is 4.25. The maximum Gasteiger partial charge on any atom is 0.290 e. The average molecular weight is 355 g/mol. The van der Waals surface area contributed by atoms with Gasteiger partial charge in [0.25, 0.3) is 5.91 Å². The molecule has 0 aliphatic carbocycles. The molecule has 0 radical (unpaired) electrons. The lowest BCUT2D eigenvalue weighted by Crippen LogP contribution is -2.34. The van der Waals surface area contributed by atoms with Gasteiger partial charge in [-0.15, -0.1) is 0 Å². The summed E-state index contributed by atoms with van der Waals surface area (Å²) in [5, 5.41) is 0. The molecule has 0 N–H and O–H groups in total. The van der Waals surface area contributed by atoms with E-state index in [1.807, 2.05) is 6.92 Å². The number of hydrogen-bond acceptors (Lipinski definition) is 2. The minimum atomic E-state index is -0.359. The minimum Gasteiger partial charge on any atom is -0.459 e. The molecule has 0 unspecified atom stereocenters. The maximum absolute atomic E-state index is 13.6. The molecular weight excluding hydrogens is 336 g/mol. The van der Waals surface area contributed by atoms with Crippen molar-refractivity contribution in [2.45, 2.75) is 25.9 Å². The minimum absolute atomic E-state index is 0.210. The molecule has 1 heterocycles. The molecule has 0 bridgehead atoms. The first-order valence-corrected chi connectivity index (χ1v) is 8.43. The Morgan fingerprint density at radius 2 is 1.81 bits per heavy atom. The summed E-state index contributed by atoms with van der Waals surface area (Å²) < 4.78 is 32.1. The van der Waals surface area contributed by atoms with Gasteiger partial charge in [0.2, 0.25) is 0 Å². The Kier molecular flexibility index (Phi) is 5.46. The van der Waals surface area contributed by atoms with E-state index in [-0.39, 0.29) is 35.9 Å². The highest BCUT2D eigenvalue weighted by molar-refractivity contribution is 5.91. The lowest BCUT2D eigenvalue weighted by molar-refractivity contribution is 0.0619. The molecule has 0 saturated carbocycles. The summed E-state index contributed by atoms with van der Waals surface area (Å²) in [6.07, 6.45) is 2.06. The number of carbonyl (C=O) groups excluding carboxylic acids is 1. The van der Waals surface area contributed by atoms with Crippen LogP contribution >= 0.6 is 0 Å². The van der Waals surface area contributed by atoms with Gasteiger partial charge in [0, 0.05) is 6.54 Å². The van der Waals surface area contributed by atoms with Gasteiger partial charge < -0.3 is 9.32 Å². The number of amides is 1. The summed E-state index contributed by atoms with van der Waals surface area (Å²) in [5.74, 6) is -0.780. The van der Waals surface area contributed by atoms with Gasteiger partial charge in [0.05, 0.1) is 12.3 Å². The Hall–Kier alpha value is -2.95. The molecule has 1 amide bonds. The van der Waals surface area contributed by atoms with E-state index in [1.165, 1.54) is 30.5 Å². The van der Waals surface area contributed by atoms with E-state index in [4.69, 9.17) is 4.42 Å². The number of nitrogens with zero attached hydrogens (tertiary/aromatic N) is 1. The van der Waals surface area contributed by atoms with Crippen LogP contribution in [0.1, 0.15) is 41.1 Å². The number of furan rings is 1. The van der Waals surface area contributed by atoms with Crippen LogP contribution in [-0.2, 0) is 6.54 Å². The standard InChI is InChI=1S/C21H19F2NO2/c1-2-19(16-8-10-17(22)11-9-16)24(21(25)20-7-4-12-26-20)14-15-5-3-6-18(23)13-15/h3-13,19H,2,14H2,1H3/t19-/m0/s1. The summed E-state index contributed by atoms with van der Waals surface area (Å²) in [7, 11) is 0. The summed E-state index contributed by atoms with van der Waals surface area (Å²) in [5.41, 5.74) is 1.48. The van der Waals surface area contributed by atoms with E-state index in [0.29, 0.717) is 12.0 Å². The van der Waals surface area contributed by atoms with E-state index >= 15 is 0 Å². The molecule has 26 heavy (non-hydrogen) atoms. The van der Waals surface area contributed by atoms with E-state index in [2.05, 4.69) is 0 Å². The highest BCUT2D eigenvalue weighted by atomic mass is 19.1. The van der Waals surface area contributed by atoms with Gasteiger partial charge in [-0.3, -0.25) is 4.79 Å². The Labute approximate surface area is 150 Å². The van der Waals surface area contributed by atoms with Gasteiger partial charge in [-0.25, -0.2) is 8.78 Å². The third-order valence-corrected chi connectivity index (χ3v) is 4.25. The molecular formula is C21H19F2NO2. The molecule has 0 aliphatic rings. The molecule has 3 rings (SSSR count). The lowest BCUT2D eigenvalue weighted by atomic mass is 10.0. The zero-order valence-electron chi connectivity index (χ0n) is 14.4. The van der Waals surface area contributed by atoms with Crippen molar-refractivity contribution in [2.24, 2.45) is 0 Å². The summed E-state index contributed by atoms with van der Waals surface area (Å²) in [4.78, 5) is 14.6. The van der Waals surface area contributed by atoms with E-state index in [0.717, 1.165) is 5.56 Å². The van der Waals surface area contributed by atoms with Crippen LogP contribution in [0, 0.1) is 11.6 Å². The van der Waals surface area contributed by atoms with Gasteiger partial charge in [0.15, 0.2) is 5.76 Å². The second-order valence-corrected chi connectivity index (χ2v) is 6.02. The molecule has 0 spiro atoms. The molecule has 0 fully saturated rings. The fraction of sp³-hybridized carbons (Fsp3) is 0.190. The molecule has 1 atom stereocenters. The van der Waals surface area contributed by atoms with Crippen LogP contribution in [0.3, 0.4) is 0 Å². The highest BCUT2D eigenvalue weighted by Crippen LogP contribution is 2.28. The Balaban J connectivity index is 1.97. The first-order chi connectivity index (χ1) is 12.6. The quantitative estimate of drug-likeness (QED) is 0.597. The number of rotatable bonds is 6. The second kappa shape index (κ2) is 7.95. The van der Waals surface area contributed by atoms with Crippen LogP contribution in [0.2, 0.25) is 0 Å². The van der Waals surface area contributed by atoms with Crippen LogP contribution in [0.4, 0.5) is 8.78 Å². The van der Waals surface area contributed by atoms with Crippen molar-refractivity contribution in [1.82, 2.24) is 4.90 Å². The average Bonchev–Trinajstić information content (AvgIpc) is 3.17. The molecule has 1 aromatic heterocycles. The van der Waals surface area contributed by atoms with Crippen LogP contribution in [-0.4, -0.2) is 10.8 Å². The second-order valence-electron chi connectivity index (χ2n) is 6.02. The van der Waals surface area contributed by atoms with Crippen molar-refractivity contribution in [3.05, 3.63) is 95.4 Å². The molecule has 5 heteroatoms. The van der Waals surface area contributed by atoms with Gasteiger partial charge in [-0.05, 0) is 53.9 Å². The fourth-order valence-electron chi connectivity index (χ4n) is 3.02. The van der Waals surface area contributed by atoms with Crippen molar-refractivity contribution in [3.8, 4) is 0 Å². The highest BCUT2D eigenvalue weighted by Gasteiger charge is 2.27. The van der Waals surface area contributed by atoms with E-state index in [9.17, 15) is 13.6 Å². The molecule has 3 aromatic rings. The van der Waals surface area contributed by atoms with Gasteiger partial charge >= 0.3 is 0 Å². The Morgan fingerprint density at radius 3 is 2.42 bits per heavy atom. The van der Waals surface area contributed by atoms with Gasteiger partial charge in [0.1, 0.15) is 11.6 Å². The molecule has 0 aliphatic heterocycles. The Morgan fingerprint density at radius 1 is 1.04 bits per heavy atom. The normalized spacial score (nSPS) is 12.0. The van der Waals surface area contributed by atoms with Crippen molar-refractivity contribution >= 4 is 5.91 Å². The van der Waals surface area contributed by atoms with Gasteiger partial charge in [-0.2, -0.15) is 0 Å². The number of carbonyl (C=O) groups is 1. The SMILES string of the molecule is CC[C@@H](c1ccc(F)cc1)N(Cc1cccc(F)c1)C(=O)c1ccco1. The van der Waals surface area contributed by atoms with E-state index < -0.39 is 0 Å². The van der Waals surface area contributed by atoms with Crippen LogP contribution in [0.15, 0.2) is 71.3 Å². The van der Waals surface area contributed by atoms with E-state index in [1.54, 1.807) is 41.3 Å². The largest absolute Gasteiger partial charge is 0.459 e. The van der Waals surface area contributed by atoms with Crippen LogP contribution in [0.5, 0.6) is 0 Å². The predicted octanol–water partition coefficient (Wildman–Crippen LogP) is 5.35. The van der Waals surface area contributed by atoms with Crippen molar-refractivity contribution in [1.29, 1.82) is 0 Å². The molecule has 134 valence electrons. The topological polar surface area (TPSA) is 33.5 Å². The van der Waals surface area contributed by atoms with Crippen LogP contribution < -0.4 is 0 Å². The number of hydrogen-bond donors (Lipinski definition) is 0. The Bertz CT molecular complexity index is 860. The van der Waals surface area contributed by atoms with Crippen molar-refractivity contribution in [3.63, 3.8) is 0 Å². The van der Waals surface area contributed by atoms with Gasteiger partial charge in [-0.1, -0.05) is 31.2 Å². The first-order valence-electron chi connectivity index (χ1n) is 8.43. The molecule has 2 aromatic carbocycles. The van der Waals surface area contributed by atoms with Crippen molar-refractivity contribution < 1.29 is 18.0 Å². The predicted molar refractivity (Wildman–Crippen MR) is 94.4 cm³/mol. The summed E-state index contributed by atoms with van der Waals surface area (Å²) in [6, 6.07) is 15.2. The summed E-state index contributed by atoms with van der Waals surface area (Å²) in [6.45, 7) is 2.16. The lowest BCUT2D eigenvalue weighted by Gasteiger charge is -2.31.